The Morgan fingerprint density at radius 1 is 0.530 bits per heavy atom. The van der Waals surface area contributed by atoms with E-state index >= 15 is 0 Å². The molecule has 23 nitrogen and oxygen atoms in total. The van der Waals surface area contributed by atoms with E-state index in [0.717, 1.165) is 12.8 Å². The van der Waals surface area contributed by atoms with Gasteiger partial charge < -0.3 is 86.0 Å². The summed E-state index contributed by atoms with van der Waals surface area (Å²) in [5, 5.41) is 42.5. The highest BCUT2D eigenvalue weighted by Gasteiger charge is 2.24. The molecule has 66 heavy (non-hydrogen) atoms. The van der Waals surface area contributed by atoms with E-state index in [1.54, 1.807) is 13.8 Å². The molecule has 0 unspecified atom stereocenters. The third-order valence-corrected chi connectivity index (χ3v) is 10.2. The predicted molar refractivity (Wildman–Crippen MR) is 247 cm³/mol. The van der Waals surface area contributed by atoms with Crippen LogP contribution in [0.1, 0.15) is 80.1 Å². The number of ether oxygens (including phenoxy) is 7. The molecule has 384 valence electrons. The Balaban J connectivity index is 4.10. The number of carbonyl (C=O) groups excluding carboxylic acids is 5. The van der Waals surface area contributed by atoms with Crippen molar-refractivity contribution in [3.8, 4) is 0 Å². The molecule has 0 aromatic carbocycles. The van der Waals surface area contributed by atoms with E-state index < -0.39 is 35.5 Å². The molecule has 0 aliphatic carbocycles. The number of carbonyl (C=O) groups is 5. The van der Waals surface area contributed by atoms with Crippen LogP contribution in [0.15, 0.2) is 10.3 Å². The van der Waals surface area contributed by atoms with Gasteiger partial charge >= 0.3 is 0 Å². The van der Waals surface area contributed by atoms with Gasteiger partial charge in [0.05, 0.1) is 94.6 Å². The van der Waals surface area contributed by atoms with E-state index in [-0.39, 0.29) is 50.7 Å². The van der Waals surface area contributed by atoms with E-state index in [2.05, 4.69) is 42.2 Å². The molecule has 0 rings (SSSR count). The highest BCUT2D eigenvalue weighted by molar-refractivity contribution is 5.90. The lowest BCUT2D eigenvalue weighted by Gasteiger charge is -2.28. The van der Waals surface area contributed by atoms with E-state index in [1.807, 2.05) is 27.7 Å². The topological polar surface area (TPSA) is 313 Å². The number of aldehydes is 1. The number of hydrogen-bond acceptors (Lipinski definition) is 19. The zero-order chi connectivity index (χ0) is 49.3. The lowest BCUT2D eigenvalue weighted by Crippen LogP contribution is -2.47. The highest BCUT2D eigenvalue weighted by Crippen LogP contribution is 2.15. The molecule has 4 amide bonds. The van der Waals surface area contributed by atoms with Gasteiger partial charge in [-0.1, -0.05) is 10.3 Å². The van der Waals surface area contributed by atoms with Gasteiger partial charge in [-0.3, -0.25) is 19.2 Å². The predicted octanol–water partition coefficient (Wildman–Crippen LogP) is -0.513. The zero-order valence-electron chi connectivity index (χ0n) is 40.4. The van der Waals surface area contributed by atoms with Gasteiger partial charge in [-0.15, -0.1) is 0 Å². The maximum atomic E-state index is 12.5. The molecule has 0 aromatic rings. The van der Waals surface area contributed by atoms with Crippen molar-refractivity contribution in [3.05, 3.63) is 0 Å². The van der Waals surface area contributed by atoms with Gasteiger partial charge in [-0.25, -0.2) is 0 Å². The minimum atomic E-state index is -0.761. The fourth-order valence-corrected chi connectivity index (χ4v) is 5.63. The van der Waals surface area contributed by atoms with Crippen LogP contribution in [0.2, 0.25) is 0 Å². The van der Waals surface area contributed by atoms with Gasteiger partial charge in [-0.05, 0) is 99.1 Å². The Morgan fingerprint density at radius 3 is 1.36 bits per heavy atom. The molecule has 23 heteroatoms. The van der Waals surface area contributed by atoms with Crippen molar-refractivity contribution in [1.82, 2.24) is 31.9 Å². The lowest BCUT2D eigenvalue weighted by atomic mass is 9.94. The normalized spacial score (nSPS) is 13.3. The van der Waals surface area contributed by atoms with Crippen LogP contribution in [0.4, 0.5) is 0 Å². The van der Waals surface area contributed by atoms with E-state index in [1.165, 1.54) is 0 Å². The summed E-state index contributed by atoms with van der Waals surface area (Å²) in [6, 6.07) is -0.761. The van der Waals surface area contributed by atoms with Crippen molar-refractivity contribution in [1.29, 1.82) is 0 Å². The van der Waals surface area contributed by atoms with Crippen LogP contribution >= 0.6 is 0 Å². The molecule has 0 radical (unpaired) electrons. The van der Waals surface area contributed by atoms with Gasteiger partial charge in [0.25, 0.3) is 0 Å². The first-order valence-electron chi connectivity index (χ1n) is 22.8. The number of rotatable bonds is 45. The summed E-state index contributed by atoms with van der Waals surface area (Å²) in [5.41, 5.74) is 5.46. The molecule has 10 N–H and O–H groups in total. The Bertz CT molecular complexity index is 1340. The first kappa shape index (κ1) is 62.1. The second-order valence-corrected chi connectivity index (χ2v) is 16.4. The molecule has 0 bridgehead atoms. The Hall–Kier alpha value is -3.91. The summed E-state index contributed by atoms with van der Waals surface area (Å²) in [5.74, 6) is -1.50. The third-order valence-electron chi connectivity index (χ3n) is 10.2. The number of nitrogens with one attached hydrogen (secondary N) is 6. The van der Waals surface area contributed by atoms with Crippen LogP contribution in [0.25, 0.3) is 0 Å². The Kier molecular flexibility index (Phi) is 37.8. The van der Waals surface area contributed by atoms with Crippen molar-refractivity contribution >= 4 is 41.3 Å². The Labute approximate surface area is 391 Å². The fourth-order valence-electron chi connectivity index (χ4n) is 5.63. The molecule has 0 spiro atoms. The quantitative estimate of drug-likeness (QED) is 0.0122. The number of nitrogens with zero attached hydrogens (tertiary/aromatic N) is 2. The summed E-state index contributed by atoms with van der Waals surface area (Å²) in [4.78, 5) is 60.5. The first-order valence-corrected chi connectivity index (χ1v) is 22.8. The number of oxime groups is 2. The first-order chi connectivity index (χ1) is 31.6. The molecule has 0 fully saturated rings. The lowest BCUT2D eigenvalue weighted by molar-refractivity contribution is -0.133. The van der Waals surface area contributed by atoms with E-state index in [9.17, 15) is 34.4 Å². The van der Waals surface area contributed by atoms with Gasteiger partial charge in [0.15, 0.2) is 0 Å². The molecule has 0 heterocycles. The number of unbranched alkanes of at least 4 members (excludes halogenated alkanes) is 1. The summed E-state index contributed by atoms with van der Waals surface area (Å²) >= 11 is 0. The van der Waals surface area contributed by atoms with Gasteiger partial charge in [0.1, 0.15) is 32.7 Å². The number of amides is 4. The van der Waals surface area contributed by atoms with E-state index in [0.29, 0.717) is 136 Å². The van der Waals surface area contributed by atoms with Crippen LogP contribution in [0.5, 0.6) is 0 Å². The number of hydrogen-bond donors (Lipinski definition) is 9. The summed E-state index contributed by atoms with van der Waals surface area (Å²) < 4.78 is 37.2. The fraction of sp³-hybridized carbons (Fsp3) is 0.837. The van der Waals surface area contributed by atoms with Gasteiger partial charge in [0, 0.05) is 26.2 Å². The van der Waals surface area contributed by atoms with Crippen molar-refractivity contribution < 1.29 is 67.5 Å². The van der Waals surface area contributed by atoms with E-state index in [4.69, 9.17) is 38.9 Å². The van der Waals surface area contributed by atoms with Crippen LogP contribution in [-0.4, -0.2) is 201 Å². The molecule has 0 aliphatic heterocycles. The molecule has 0 saturated heterocycles. The van der Waals surface area contributed by atoms with Crippen molar-refractivity contribution in [3.63, 3.8) is 0 Å². The second-order valence-electron chi connectivity index (χ2n) is 16.4. The molecule has 0 saturated carbocycles. The van der Waals surface area contributed by atoms with Crippen LogP contribution in [0.3, 0.4) is 0 Å². The molecule has 0 aliphatic rings. The van der Waals surface area contributed by atoms with Crippen LogP contribution < -0.4 is 37.6 Å². The minimum Gasteiger partial charge on any atom is -0.411 e. The minimum absolute atomic E-state index is 0.210. The zero-order valence-corrected chi connectivity index (χ0v) is 40.4. The standard InChI is InChI=1S/C43H83N9O14/c1-34(51-58)42(3,4)48-16-11-36(12-17-49-43(5,6)35(2)52-59)10-15-46-39(55)31-66-33-41(57)50-37(29-53)9-7-8-14-45-38(54)30-65-32-40(56)47-18-20-61-22-24-63-26-28-64-27-25-62-23-21-60-19-13-44/h29,36-37,48-49,58-59H,7-28,30-33,44H2,1-6H3,(H,45,54)(H,46,55)(H,47,56)(H,50,57)/b51-34-,52-35-/t37-/m0/s1. The summed E-state index contributed by atoms with van der Waals surface area (Å²) in [6.07, 6.45) is 4.26. The van der Waals surface area contributed by atoms with Crippen LogP contribution in [0, 0.1) is 5.92 Å². The maximum Gasteiger partial charge on any atom is 0.246 e. The largest absolute Gasteiger partial charge is 0.411 e. The summed E-state index contributed by atoms with van der Waals surface area (Å²) in [6.45, 7) is 17.0. The van der Waals surface area contributed by atoms with Crippen molar-refractivity contribution in [2.24, 2.45) is 22.0 Å². The average molecular weight is 950 g/mol. The van der Waals surface area contributed by atoms with Crippen molar-refractivity contribution in [2.75, 3.05) is 132 Å². The molecular weight excluding hydrogens is 867 g/mol. The van der Waals surface area contributed by atoms with Crippen molar-refractivity contribution in [2.45, 2.75) is 97.2 Å². The second kappa shape index (κ2) is 40.2. The highest BCUT2D eigenvalue weighted by atomic mass is 16.6. The van der Waals surface area contributed by atoms with Crippen LogP contribution in [-0.2, 0) is 57.1 Å². The van der Waals surface area contributed by atoms with Gasteiger partial charge in [0.2, 0.25) is 23.6 Å². The van der Waals surface area contributed by atoms with Gasteiger partial charge in [-0.2, -0.15) is 0 Å². The summed E-state index contributed by atoms with van der Waals surface area (Å²) in [7, 11) is 0. The molecule has 0 aromatic heterocycles. The Morgan fingerprint density at radius 2 is 0.924 bits per heavy atom. The monoisotopic (exact) mass is 950 g/mol. The average Bonchev–Trinajstić information content (AvgIpc) is 3.28. The molecular formula is C43H83N9O14. The molecule has 1 atom stereocenters. The maximum absolute atomic E-state index is 12.5. The number of nitrogens with two attached hydrogens (primary N) is 1. The smallest absolute Gasteiger partial charge is 0.246 e. The third kappa shape index (κ3) is 35.3. The SMILES string of the molecule is C/C(=N/O)C(C)(C)NCCC(CCNC(=O)COCC(=O)N[C@H](C=O)CCCCNC(=O)COCC(=O)NCCOCCOCCOCCOCCOCCN)CCNC(C)(C)/C(C)=N\O.